The molecule has 0 saturated carbocycles. The molecule has 3 N–H and O–H groups in total. The molecule has 7 heteroatoms. The monoisotopic (exact) mass is 326 g/mol. The van der Waals surface area contributed by atoms with Crippen LogP contribution in [0.25, 0.3) is 21.3 Å². The molecule has 0 aliphatic carbocycles. The maximum absolute atomic E-state index is 5.87. The first-order valence-electron chi connectivity index (χ1n) is 7.00. The molecule has 0 amide bonds. The first-order chi connectivity index (χ1) is 11.1. The summed E-state index contributed by atoms with van der Waals surface area (Å²) in [5.74, 6) is 0.650. The molecule has 0 saturated heterocycles. The molecule has 0 radical (unpaired) electrons. The number of ether oxygens (including phenoxy) is 1. The van der Waals surface area contributed by atoms with Crippen LogP contribution in [0.5, 0.6) is 5.75 Å². The van der Waals surface area contributed by atoms with E-state index < -0.39 is 0 Å². The number of nitrogens with zero attached hydrogens (tertiary/aromatic N) is 2. The van der Waals surface area contributed by atoms with Crippen molar-refractivity contribution in [3.05, 3.63) is 35.9 Å². The van der Waals surface area contributed by atoms with Gasteiger partial charge in [0.2, 0.25) is 0 Å². The normalized spacial score (nSPS) is 11.2. The number of nitrogens with two attached hydrogens (primary N) is 1. The van der Waals surface area contributed by atoms with E-state index in [0.717, 1.165) is 26.9 Å². The molecule has 0 aliphatic rings. The number of anilines is 3. The molecule has 2 aromatic carbocycles. The van der Waals surface area contributed by atoms with E-state index in [0.29, 0.717) is 22.6 Å². The fourth-order valence-electron chi connectivity index (χ4n) is 2.40. The average molecular weight is 326 g/mol. The third kappa shape index (κ3) is 2.44. The van der Waals surface area contributed by atoms with Gasteiger partial charge in [-0.3, -0.25) is 5.32 Å². The van der Waals surface area contributed by atoms with E-state index in [1.165, 1.54) is 11.3 Å². The van der Waals surface area contributed by atoms with Crippen molar-refractivity contribution >= 4 is 49.5 Å². The maximum atomic E-state index is 5.87. The minimum Gasteiger partial charge on any atom is -0.494 e. The number of aryl methyl sites for hydroxylation is 1. The summed E-state index contributed by atoms with van der Waals surface area (Å²) in [4.78, 5) is 8.95. The van der Waals surface area contributed by atoms with Gasteiger partial charge in [-0.1, -0.05) is 17.4 Å². The lowest BCUT2D eigenvalue weighted by Crippen LogP contribution is -1.90. The third-order valence-electron chi connectivity index (χ3n) is 3.46. The summed E-state index contributed by atoms with van der Waals surface area (Å²) in [5.41, 5.74) is 9.96. The summed E-state index contributed by atoms with van der Waals surface area (Å²) >= 11 is 1.47. The van der Waals surface area contributed by atoms with E-state index in [1.54, 1.807) is 13.2 Å². The fraction of sp³-hybridized carbons (Fsp3) is 0.125. The lowest BCUT2D eigenvalue weighted by Gasteiger charge is -2.01. The number of aromatic nitrogens is 2. The molecule has 0 bridgehead atoms. The number of hydrogen-bond acceptors (Lipinski definition) is 7. The predicted molar refractivity (Wildman–Crippen MR) is 92.6 cm³/mol. The van der Waals surface area contributed by atoms with Gasteiger partial charge in [0.05, 0.1) is 11.8 Å². The van der Waals surface area contributed by atoms with Crippen molar-refractivity contribution in [3.63, 3.8) is 0 Å². The van der Waals surface area contributed by atoms with Crippen LogP contribution in [0.15, 0.2) is 34.7 Å². The van der Waals surface area contributed by atoms with Crippen LogP contribution in [-0.4, -0.2) is 17.1 Å². The lowest BCUT2D eigenvalue weighted by molar-refractivity contribution is 0.419. The van der Waals surface area contributed by atoms with E-state index in [-0.39, 0.29) is 0 Å². The molecule has 2 aromatic heterocycles. The Hall–Kier alpha value is -2.80. The number of methoxy groups -OCH3 is 1. The molecule has 23 heavy (non-hydrogen) atoms. The third-order valence-corrected chi connectivity index (χ3v) is 4.38. The SMILES string of the molecule is COc1cc(N)cc2sc(Nc3nc4ccc(C)cc4o3)nc12. The molecule has 2 heterocycles. The quantitative estimate of drug-likeness (QED) is 0.552. The van der Waals surface area contributed by atoms with Gasteiger partial charge in [0.15, 0.2) is 10.7 Å². The number of thiazole rings is 1. The molecule has 0 atom stereocenters. The first-order valence-corrected chi connectivity index (χ1v) is 7.82. The molecular formula is C16H14N4O2S. The van der Waals surface area contributed by atoms with Gasteiger partial charge in [0, 0.05) is 11.8 Å². The highest BCUT2D eigenvalue weighted by Gasteiger charge is 2.13. The van der Waals surface area contributed by atoms with Gasteiger partial charge in [0.25, 0.3) is 0 Å². The van der Waals surface area contributed by atoms with Crippen molar-refractivity contribution in [2.75, 3.05) is 18.2 Å². The number of nitrogens with one attached hydrogen (secondary N) is 1. The summed E-state index contributed by atoms with van der Waals surface area (Å²) in [6, 6.07) is 9.93. The Labute approximate surface area is 135 Å². The van der Waals surface area contributed by atoms with Crippen LogP contribution in [0.3, 0.4) is 0 Å². The van der Waals surface area contributed by atoms with Crippen LogP contribution in [0.4, 0.5) is 16.8 Å². The molecule has 0 fully saturated rings. The second kappa shape index (κ2) is 5.13. The topological polar surface area (TPSA) is 86.2 Å². The molecule has 6 nitrogen and oxygen atoms in total. The van der Waals surface area contributed by atoms with E-state index in [9.17, 15) is 0 Å². The zero-order valence-electron chi connectivity index (χ0n) is 12.6. The first kappa shape index (κ1) is 13.8. The van der Waals surface area contributed by atoms with Gasteiger partial charge in [0.1, 0.15) is 16.8 Å². The molecular weight excluding hydrogens is 312 g/mol. The van der Waals surface area contributed by atoms with E-state index in [4.69, 9.17) is 14.9 Å². The summed E-state index contributed by atoms with van der Waals surface area (Å²) in [6.45, 7) is 2.01. The van der Waals surface area contributed by atoms with Crippen LogP contribution in [0, 0.1) is 6.92 Å². The summed E-state index contributed by atoms with van der Waals surface area (Å²) in [6.07, 6.45) is 0. The average Bonchev–Trinajstić information content (AvgIpc) is 3.08. The van der Waals surface area contributed by atoms with Gasteiger partial charge in [-0.25, -0.2) is 4.98 Å². The van der Waals surface area contributed by atoms with Crippen molar-refractivity contribution in [2.24, 2.45) is 0 Å². The number of hydrogen-bond donors (Lipinski definition) is 2. The van der Waals surface area contributed by atoms with Crippen LogP contribution < -0.4 is 15.8 Å². The zero-order chi connectivity index (χ0) is 16.0. The zero-order valence-corrected chi connectivity index (χ0v) is 13.4. The number of oxazole rings is 1. The van der Waals surface area contributed by atoms with Crippen LogP contribution in [0.2, 0.25) is 0 Å². The van der Waals surface area contributed by atoms with Gasteiger partial charge >= 0.3 is 6.01 Å². The van der Waals surface area contributed by atoms with Gasteiger partial charge in [-0.05, 0) is 30.7 Å². The Kier molecular flexibility index (Phi) is 3.09. The number of nitrogen functional groups attached to an aromatic ring is 1. The minimum atomic E-state index is 0.414. The second-order valence-electron chi connectivity index (χ2n) is 5.20. The van der Waals surface area contributed by atoms with Gasteiger partial charge < -0.3 is 14.9 Å². The Morgan fingerprint density at radius 2 is 2.09 bits per heavy atom. The van der Waals surface area contributed by atoms with Crippen molar-refractivity contribution in [1.82, 2.24) is 9.97 Å². The van der Waals surface area contributed by atoms with Crippen LogP contribution in [-0.2, 0) is 0 Å². The second-order valence-corrected chi connectivity index (χ2v) is 6.23. The molecule has 0 aliphatic heterocycles. The van der Waals surface area contributed by atoms with Crippen molar-refractivity contribution < 1.29 is 9.15 Å². The molecule has 4 rings (SSSR count). The molecule has 0 unspecified atom stereocenters. The van der Waals surface area contributed by atoms with Crippen LogP contribution in [0.1, 0.15) is 5.56 Å². The van der Waals surface area contributed by atoms with Crippen LogP contribution >= 0.6 is 11.3 Å². The van der Waals surface area contributed by atoms with Crippen molar-refractivity contribution in [1.29, 1.82) is 0 Å². The molecule has 116 valence electrons. The Balaban J connectivity index is 1.73. The van der Waals surface area contributed by atoms with E-state index in [1.807, 2.05) is 31.2 Å². The Bertz CT molecular complexity index is 1020. The summed E-state index contributed by atoms with van der Waals surface area (Å²) < 4.78 is 12.0. The minimum absolute atomic E-state index is 0.414. The largest absolute Gasteiger partial charge is 0.494 e. The molecule has 4 aromatic rings. The maximum Gasteiger partial charge on any atom is 0.302 e. The summed E-state index contributed by atoms with van der Waals surface area (Å²) in [5, 5.41) is 3.78. The van der Waals surface area contributed by atoms with Gasteiger partial charge in [-0.15, -0.1) is 0 Å². The highest BCUT2D eigenvalue weighted by molar-refractivity contribution is 7.22. The Morgan fingerprint density at radius 3 is 2.91 bits per heavy atom. The molecule has 0 spiro atoms. The highest BCUT2D eigenvalue weighted by Crippen LogP contribution is 2.35. The Morgan fingerprint density at radius 1 is 1.22 bits per heavy atom. The van der Waals surface area contributed by atoms with E-state index >= 15 is 0 Å². The number of rotatable bonds is 3. The van der Waals surface area contributed by atoms with Crippen molar-refractivity contribution in [3.8, 4) is 5.75 Å². The van der Waals surface area contributed by atoms with Crippen molar-refractivity contribution in [2.45, 2.75) is 6.92 Å². The smallest absolute Gasteiger partial charge is 0.302 e. The number of benzene rings is 2. The number of fused-ring (bicyclic) bond motifs is 2. The lowest BCUT2D eigenvalue weighted by atomic mass is 10.2. The predicted octanol–water partition coefficient (Wildman–Crippen LogP) is 4.08. The highest BCUT2D eigenvalue weighted by atomic mass is 32.1. The standard InChI is InChI=1S/C16H14N4O2S/c1-8-3-4-10-11(5-8)22-15(18-10)20-16-19-14-12(21-2)6-9(17)7-13(14)23-16/h3-7H,17H2,1-2H3,(H,18,19,20). The van der Waals surface area contributed by atoms with E-state index in [2.05, 4.69) is 15.3 Å². The summed E-state index contributed by atoms with van der Waals surface area (Å²) in [7, 11) is 1.60. The van der Waals surface area contributed by atoms with Gasteiger partial charge in [-0.2, -0.15) is 4.98 Å². The fourth-order valence-corrected chi connectivity index (χ4v) is 3.33.